The second kappa shape index (κ2) is 6.23. The second-order valence-electron chi connectivity index (χ2n) is 6.50. The van der Waals surface area contributed by atoms with Gasteiger partial charge in [-0.05, 0) is 54.7 Å². The summed E-state index contributed by atoms with van der Waals surface area (Å²) in [5, 5.41) is 13.3. The molecule has 3 unspecified atom stereocenters. The minimum atomic E-state index is -0.185. The first kappa shape index (κ1) is 14.0. The van der Waals surface area contributed by atoms with Gasteiger partial charge < -0.3 is 10.4 Å². The SMILES string of the molecule is OCC1CC2CCCC(C2)[C@H]1NCc1ccc(F)cc1. The van der Waals surface area contributed by atoms with Crippen molar-refractivity contribution in [3.05, 3.63) is 35.6 Å². The fraction of sp³-hybridized carbons (Fsp3) is 0.647. The molecule has 4 atom stereocenters. The number of hydrogen-bond acceptors (Lipinski definition) is 2. The van der Waals surface area contributed by atoms with Crippen molar-refractivity contribution in [3.63, 3.8) is 0 Å². The fourth-order valence-corrected chi connectivity index (χ4v) is 4.19. The van der Waals surface area contributed by atoms with Crippen molar-refractivity contribution < 1.29 is 9.50 Å². The van der Waals surface area contributed by atoms with Crippen LogP contribution in [-0.4, -0.2) is 17.8 Å². The smallest absolute Gasteiger partial charge is 0.123 e. The predicted molar refractivity (Wildman–Crippen MR) is 77.7 cm³/mol. The molecule has 2 aliphatic rings. The van der Waals surface area contributed by atoms with Crippen LogP contribution in [0.5, 0.6) is 0 Å². The Morgan fingerprint density at radius 3 is 2.70 bits per heavy atom. The molecule has 1 aromatic carbocycles. The molecule has 3 rings (SSSR count). The van der Waals surface area contributed by atoms with Crippen molar-refractivity contribution in [2.45, 2.75) is 44.7 Å². The van der Waals surface area contributed by atoms with E-state index in [0.717, 1.165) is 24.4 Å². The van der Waals surface area contributed by atoms with Crippen molar-refractivity contribution in [2.24, 2.45) is 17.8 Å². The number of hydrogen-bond donors (Lipinski definition) is 2. The highest BCUT2D eigenvalue weighted by atomic mass is 19.1. The van der Waals surface area contributed by atoms with Crippen molar-refractivity contribution in [1.29, 1.82) is 0 Å². The summed E-state index contributed by atoms with van der Waals surface area (Å²) in [6, 6.07) is 7.11. The number of benzene rings is 1. The van der Waals surface area contributed by atoms with Crippen molar-refractivity contribution >= 4 is 0 Å². The molecule has 110 valence electrons. The van der Waals surface area contributed by atoms with E-state index in [1.54, 1.807) is 0 Å². The third-order valence-corrected chi connectivity index (χ3v) is 5.16. The summed E-state index contributed by atoms with van der Waals surface area (Å²) in [6.07, 6.45) is 6.44. The van der Waals surface area contributed by atoms with Crippen molar-refractivity contribution in [3.8, 4) is 0 Å². The first-order chi connectivity index (χ1) is 9.76. The molecule has 0 spiro atoms. The van der Waals surface area contributed by atoms with Crippen LogP contribution >= 0.6 is 0 Å². The molecule has 2 nitrogen and oxygen atoms in total. The second-order valence-corrected chi connectivity index (χ2v) is 6.50. The van der Waals surface area contributed by atoms with Gasteiger partial charge in [0.15, 0.2) is 0 Å². The molecule has 0 radical (unpaired) electrons. The minimum absolute atomic E-state index is 0.185. The van der Waals surface area contributed by atoms with Gasteiger partial charge in [-0.25, -0.2) is 4.39 Å². The normalized spacial score (nSPS) is 33.1. The summed E-state index contributed by atoms with van der Waals surface area (Å²) in [5.41, 5.74) is 1.11. The van der Waals surface area contributed by atoms with Crippen molar-refractivity contribution in [1.82, 2.24) is 5.32 Å². The van der Waals surface area contributed by atoms with E-state index in [2.05, 4.69) is 5.32 Å². The highest BCUT2D eigenvalue weighted by molar-refractivity contribution is 5.16. The van der Waals surface area contributed by atoms with Gasteiger partial charge in [-0.15, -0.1) is 0 Å². The van der Waals surface area contributed by atoms with Gasteiger partial charge in [-0.2, -0.15) is 0 Å². The lowest BCUT2D eigenvalue weighted by molar-refractivity contribution is 0.0520. The number of aliphatic hydroxyl groups excluding tert-OH is 1. The van der Waals surface area contributed by atoms with Gasteiger partial charge in [0.2, 0.25) is 0 Å². The molecule has 20 heavy (non-hydrogen) atoms. The zero-order valence-corrected chi connectivity index (χ0v) is 11.9. The lowest BCUT2D eigenvalue weighted by atomic mass is 9.65. The average Bonchev–Trinajstić information content (AvgIpc) is 2.48. The molecule has 2 saturated carbocycles. The largest absolute Gasteiger partial charge is 0.396 e. The van der Waals surface area contributed by atoms with E-state index in [-0.39, 0.29) is 12.4 Å². The molecular formula is C17H24FNO. The van der Waals surface area contributed by atoms with E-state index in [0.29, 0.717) is 17.9 Å². The van der Waals surface area contributed by atoms with E-state index in [4.69, 9.17) is 0 Å². The van der Waals surface area contributed by atoms with Crippen LogP contribution in [0.4, 0.5) is 4.39 Å². The molecule has 2 bridgehead atoms. The number of fused-ring (bicyclic) bond motifs is 2. The number of halogens is 1. The molecule has 1 aromatic rings. The monoisotopic (exact) mass is 277 g/mol. The average molecular weight is 277 g/mol. The number of aliphatic hydroxyl groups is 1. The van der Waals surface area contributed by atoms with E-state index in [9.17, 15) is 9.50 Å². The third-order valence-electron chi connectivity index (χ3n) is 5.16. The molecule has 0 saturated heterocycles. The Hall–Kier alpha value is -0.930. The first-order valence-corrected chi connectivity index (χ1v) is 7.85. The Labute approximate surface area is 120 Å². The Kier molecular flexibility index (Phi) is 4.37. The standard InChI is InChI=1S/C17H24FNO/c18-16-6-4-12(5-7-16)10-19-17-14-3-1-2-13(8-14)9-15(17)11-20/h4-7,13-15,17,19-20H,1-3,8-11H2/t13?,14?,15?,17-/m1/s1. The van der Waals surface area contributed by atoms with E-state index in [1.807, 2.05) is 12.1 Å². The van der Waals surface area contributed by atoms with Gasteiger partial charge in [0.05, 0.1) is 0 Å². The van der Waals surface area contributed by atoms with Gasteiger partial charge in [0.25, 0.3) is 0 Å². The maximum atomic E-state index is 12.9. The van der Waals surface area contributed by atoms with Crippen LogP contribution in [-0.2, 0) is 6.54 Å². The van der Waals surface area contributed by atoms with Crippen LogP contribution < -0.4 is 5.32 Å². The Morgan fingerprint density at radius 1 is 1.15 bits per heavy atom. The molecule has 0 amide bonds. The first-order valence-electron chi connectivity index (χ1n) is 7.85. The highest BCUT2D eigenvalue weighted by Crippen LogP contribution is 2.42. The van der Waals surface area contributed by atoms with E-state index < -0.39 is 0 Å². The summed E-state index contributed by atoms with van der Waals surface area (Å²) in [6.45, 7) is 1.05. The van der Waals surface area contributed by atoms with Gasteiger partial charge >= 0.3 is 0 Å². The lowest BCUT2D eigenvalue weighted by Gasteiger charge is -2.45. The summed E-state index contributed by atoms with van der Waals surface area (Å²) in [7, 11) is 0. The van der Waals surface area contributed by atoms with Gasteiger partial charge in [-0.3, -0.25) is 0 Å². The van der Waals surface area contributed by atoms with E-state index >= 15 is 0 Å². The highest BCUT2D eigenvalue weighted by Gasteiger charge is 2.39. The molecule has 3 heteroatoms. The van der Waals surface area contributed by atoms with Gasteiger partial charge in [0.1, 0.15) is 5.82 Å². The Bertz CT molecular complexity index is 431. The summed E-state index contributed by atoms with van der Waals surface area (Å²) < 4.78 is 12.9. The molecule has 2 N–H and O–H groups in total. The molecule has 0 aliphatic heterocycles. The van der Waals surface area contributed by atoms with Crippen LogP contribution in [0.15, 0.2) is 24.3 Å². The summed E-state index contributed by atoms with van der Waals surface area (Å²) >= 11 is 0. The minimum Gasteiger partial charge on any atom is -0.396 e. The zero-order chi connectivity index (χ0) is 13.9. The third kappa shape index (κ3) is 3.04. The topological polar surface area (TPSA) is 32.3 Å². The lowest BCUT2D eigenvalue weighted by Crippen LogP contribution is -2.49. The quantitative estimate of drug-likeness (QED) is 0.886. The van der Waals surface area contributed by atoms with Crippen molar-refractivity contribution in [2.75, 3.05) is 6.61 Å². The molecule has 0 heterocycles. The predicted octanol–water partition coefficient (Wildman–Crippen LogP) is 3.10. The van der Waals surface area contributed by atoms with Gasteiger partial charge in [-0.1, -0.05) is 25.0 Å². The molecule has 2 fully saturated rings. The van der Waals surface area contributed by atoms with Crippen LogP contribution in [0.3, 0.4) is 0 Å². The van der Waals surface area contributed by atoms with Crippen LogP contribution in [0.25, 0.3) is 0 Å². The van der Waals surface area contributed by atoms with Gasteiger partial charge in [0, 0.05) is 19.2 Å². The Balaban J connectivity index is 1.63. The molecule has 2 aliphatic carbocycles. The molecular weight excluding hydrogens is 253 g/mol. The maximum Gasteiger partial charge on any atom is 0.123 e. The van der Waals surface area contributed by atoms with E-state index in [1.165, 1.54) is 37.8 Å². The van der Waals surface area contributed by atoms with Crippen LogP contribution in [0.1, 0.15) is 37.7 Å². The number of nitrogens with one attached hydrogen (secondary N) is 1. The maximum absolute atomic E-state index is 12.9. The molecule has 0 aromatic heterocycles. The van der Waals surface area contributed by atoms with Crippen LogP contribution in [0.2, 0.25) is 0 Å². The fourth-order valence-electron chi connectivity index (χ4n) is 4.19. The Morgan fingerprint density at radius 2 is 1.95 bits per heavy atom. The zero-order valence-electron chi connectivity index (χ0n) is 11.9. The summed E-state index contributed by atoms with van der Waals surface area (Å²) in [5.74, 6) is 1.74. The van der Waals surface area contributed by atoms with Crippen LogP contribution in [0, 0.1) is 23.6 Å². The summed E-state index contributed by atoms with van der Waals surface area (Å²) in [4.78, 5) is 0. The number of rotatable bonds is 4.